The van der Waals surface area contributed by atoms with Crippen molar-refractivity contribution in [1.82, 2.24) is 9.03 Å². The van der Waals surface area contributed by atoms with Crippen molar-refractivity contribution in [1.29, 1.82) is 0 Å². The normalized spacial score (nSPS) is 28.5. The Morgan fingerprint density at radius 3 is 2.70 bits per heavy atom. The second-order valence-electron chi connectivity index (χ2n) is 11.2. The second kappa shape index (κ2) is 12.1. The number of anilines is 1. The third-order valence-electron chi connectivity index (χ3n) is 8.64. The van der Waals surface area contributed by atoms with Gasteiger partial charge in [-0.1, -0.05) is 29.8 Å². The Hall–Kier alpha value is -2.59. The van der Waals surface area contributed by atoms with Gasteiger partial charge in [-0.25, -0.2) is 4.72 Å². The molecule has 4 atom stereocenters. The van der Waals surface area contributed by atoms with E-state index in [1.807, 2.05) is 24.3 Å². The molecule has 2 aromatic rings. The SMILES string of the molecule is C[C@H]1C/C=C/C(O)[C@@H]2CC[C@H]2CN2CCCCc3cc(Cl)ccc3COc3ccc(cc32)C(=O)NS(=O)(=O)N1C. The van der Waals surface area contributed by atoms with Gasteiger partial charge in [-0.15, -0.1) is 0 Å². The summed E-state index contributed by atoms with van der Waals surface area (Å²) >= 11 is 6.29. The van der Waals surface area contributed by atoms with Crippen LogP contribution < -0.4 is 14.4 Å². The van der Waals surface area contributed by atoms with E-state index in [-0.39, 0.29) is 11.5 Å². The van der Waals surface area contributed by atoms with E-state index < -0.39 is 28.3 Å². The highest BCUT2D eigenvalue weighted by Gasteiger charge is 2.37. The van der Waals surface area contributed by atoms with E-state index in [1.165, 1.54) is 12.6 Å². The number of aliphatic hydroxyl groups excluding tert-OH is 1. The molecule has 2 N–H and O–H groups in total. The number of carbonyl (C=O) groups is 1. The van der Waals surface area contributed by atoms with Crippen LogP contribution in [0.2, 0.25) is 5.02 Å². The summed E-state index contributed by atoms with van der Waals surface area (Å²) in [5.41, 5.74) is 3.24. The van der Waals surface area contributed by atoms with Gasteiger partial charge in [-0.05, 0) is 98.7 Å². The number of hydrogen-bond acceptors (Lipinski definition) is 6. The summed E-state index contributed by atoms with van der Waals surface area (Å²) < 4.78 is 35.8. The molecule has 0 radical (unpaired) electrons. The Morgan fingerprint density at radius 2 is 1.93 bits per heavy atom. The molecular formula is C30H38ClN3O5S. The van der Waals surface area contributed by atoms with Gasteiger partial charge >= 0.3 is 10.2 Å². The number of benzene rings is 2. The van der Waals surface area contributed by atoms with Crippen LogP contribution in [0.3, 0.4) is 0 Å². The van der Waals surface area contributed by atoms with Gasteiger partial charge in [-0.3, -0.25) is 4.79 Å². The van der Waals surface area contributed by atoms with Gasteiger partial charge in [0.05, 0.1) is 11.8 Å². The standard InChI is InChI=1S/C30H38ClN3O5S/c1-20-6-5-8-28(35)26-13-10-23(26)18-34-15-4-3-7-21-16-25(31)12-9-24(21)19-39-29-14-11-22(17-27(29)34)30(36)32-40(37,38)33(20)2/h5,8-9,11-12,14,16-17,20,23,26,28,35H,3-4,6-7,10,13,15,18-19H2,1-2H3,(H,32,36)/b8-5+/t20-,23-,26+,28?/m0/s1. The molecule has 0 saturated heterocycles. The molecular weight excluding hydrogens is 550 g/mol. The summed E-state index contributed by atoms with van der Waals surface area (Å²) in [6.45, 7) is 3.58. The molecule has 1 amide bonds. The van der Waals surface area contributed by atoms with Gasteiger partial charge in [0.15, 0.2) is 0 Å². The first kappa shape index (κ1) is 28.9. The molecule has 1 fully saturated rings. The topological polar surface area (TPSA) is 99.2 Å². The zero-order valence-corrected chi connectivity index (χ0v) is 24.6. The number of ether oxygens (including phenoxy) is 1. The zero-order chi connectivity index (χ0) is 28.4. The van der Waals surface area contributed by atoms with Crippen molar-refractivity contribution in [2.24, 2.45) is 11.8 Å². The Kier molecular flexibility index (Phi) is 8.75. The van der Waals surface area contributed by atoms with Crippen LogP contribution in [0.15, 0.2) is 48.6 Å². The molecule has 40 heavy (non-hydrogen) atoms. The average molecular weight is 588 g/mol. The van der Waals surface area contributed by atoms with Gasteiger partial charge in [0.2, 0.25) is 0 Å². The van der Waals surface area contributed by atoms with E-state index in [1.54, 1.807) is 31.2 Å². The zero-order valence-electron chi connectivity index (χ0n) is 23.1. The van der Waals surface area contributed by atoms with Crippen LogP contribution in [-0.2, 0) is 23.2 Å². The summed E-state index contributed by atoms with van der Waals surface area (Å²) in [7, 11) is -2.63. The van der Waals surface area contributed by atoms with Gasteiger partial charge in [0.1, 0.15) is 12.4 Å². The number of aliphatic hydroxyl groups is 1. The smallest absolute Gasteiger partial charge is 0.304 e. The second-order valence-corrected chi connectivity index (χ2v) is 13.4. The van der Waals surface area contributed by atoms with Gasteiger partial charge in [0.25, 0.3) is 5.91 Å². The van der Waals surface area contributed by atoms with Crippen LogP contribution in [0.5, 0.6) is 5.75 Å². The molecule has 2 aliphatic heterocycles. The minimum absolute atomic E-state index is 0.126. The molecule has 0 spiro atoms. The molecule has 2 heterocycles. The molecule has 10 heteroatoms. The molecule has 1 aliphatic carbocycles. The van der Waals surface area contributed by atoms with Crippen molar-refractivity contribution >= 4 is 33.4 Å². The fourth-order valence-electron chi connectivity index (χ4n) is 5.82. The van der Waals surface area contributed by atoms with E-state index in [4.69, 9.17) is 16.3 Å². The number of hydrogen-bond donors (Lipinski definition) is 2. The van der Waals surface area contributed by atoms with E-state index in [9.17, 15) is 18.3 Å². The quantitative estimate of drug-likeness (QED) is 0.433. The maximum Gasteiger partial charge on any atom is 0.304 e. The molecule has 216 valence electrons. The van der Waals surface area contributed by atoms with E-state index in [2.05, 4.69) is 9.62 Å². The number of nitrogens with one attached hydrogen (secondary N) is 1. The van der Waals surface area contributed by atoms with Gasteiger partial charge in [0, 0.05) is 36.8 Å². The Morgan fingerprint density at radius 1 is 1.10 bits per heavy atom. The van der Waals surface area contributed by atoms with Crippen molar-refractivity contribution in [3.05, 3.63) is 70.3 Å². The molecule has 1 unspecified atom stereocenters. The molecule has 8 nitrogen and oxygen atoms in total. The Labute approximate surface area is 242 Å². The fraction of sp³-hybridized carbons (Fsp3) is 0.500. The van der Waals surface area contributed by atoms with Crippen molar-refractivity contribution in [2.75, 3.05) is 25.0 Å². The van der Waals surface area contributed by atoms with E-state index in [0.29, 0.717) is 36.3 Å². The summed E-state index contributed by atoms with van der Waals surface area (Å²) in [6, 6.07) is 10.6. The van der Waals surface area contributed by atoms with Crippen molar-refractivity contribution in [3.63, 3.8) is 0 Å². The Balaban J connectivity index is 1.54. The lowest BCUT2D eigenvalue weighted by Gasteiger charge is -2.42. The van der Waals surface area contributed by atoms with Crippen molar-refractivity contribution < 1.29 is 23.1 Å². The maximum atomic E-state index is 13.2. The highest BCUT2D eigenvalue weighted by Crippen LogP contribution is 2.41. The number of carbonyl (C=O) groups excluding carboxylic acids is 1. The molecule has 3 aliphatic rings. The minimum atomic E-state index is -4.08. The number of aryl methyl sites for hydroxylation is 1. The molecule has 1 saturated carbocycles. The van der Waals surface area contributed by atoms with Crippen molar-refractivity contribution in [2.45, 2.75) is 64.2 Å². The first-order chi connectivity index (χ1) is 19.1. The monoisotopic (exact) mass is 587 g/mol. The largest absolute Gasteiger partial charge is 0.487 e. The summed E-state index contributed by atoms with van der Waals surface area (Å²) in [5, 5.41) is 11.7. The number of amides is 1. The molecule has 5 rings (SSSR count). The first-order valence-electron chi connectivity index (χ1n) is 14.1. The number of halogens is 1. The first-order valence-corrected chi connectivity index (χ1v) is 15.9. The number of fused-ring (bicyclic) bond motifs is 3. The third-order valence-corrected chi connectivity index (χ3v) is 10.4. The van der Waals surface area contributed by atoms with Gasteiger partial charge < -0.3 is 14.7 Å². The van der Waals surface area contributed by atoms with Crippen LogP contribution >= 0.6 is 11.6 Å². The Bertz CT molecular complexity index is 1380. The average Bonchev–Trinajstić information content (AvgIpc) is 2.92. The summed E-state index contributed by atoms with van der Waals surface area (Å²) in [6.07, 6.45) is 8.19. The van der Waals surface area contributed by atoms with Crippen LogP contribution in [-0.4, -0.2) is 56.0 Å². The number of rotatable bonds is 0. The highest BCUT2D eigenvalue weighted by molar-refractivity contribution is 7.87. The van der Waals surface area contributed by atoms with E-state index >= 15 is 0 Å². The highest BCUT2D eigenvalue weighted by atomic mass is 35.5. The van der Waals surface area contributed by atoms with Crippen LogP contribution in [0.25, 0.3) is 0 Å². The van der Waals surface area contributed by atoms with Crippen LogP contribution in [0.1, 0.15) is 60.5 Å². The van der Waals surface area contributed by atoms with Gasteiger partial charge in [-0.2, -0.15) is 12.7 Å². The van der Waals surface area contributed by atoms with Crippen LogP contribution in [0.4, 0.5) is 5.69 Å². The fourth-order valence-corrected chi connectivity index (χ4v) is 7.08. The molecule has 2 bridgehead atoms. The predicted octanol–water partition coefficient (Wildman–Crippen LogP) is 4.70. The van der Waals surface area contributed by atoms with E-state index in [0.717, 1.165) is 54.2 Å². The predicted molar refractivity (Wildman–Crippen MR) is 157 cm³/mol. The third kappa shape index (κ3) is 6.33. The lowest BCUT2D eigenvalue weighted by atomic mass is 9.70. The van der Waals surface area contributed by atoms with Crippen molar-refractivity contribution in [3.8, 4) is 5.75 Å². The molecule has 0 aromatic heterocycles. The summed E-state index contributed by atoms with van der Waals surface area (Å²) in [5.74, 6) is 0.363. The lowest BCUT2D eigenvalue weighted by Crippen LogP contribution is -2.45. The minimum Gasteiger partial charge on any atom is -0.487 e. The summed E-state index contributed by atoms with van der Waals surface area (Å²) in [4.78, 5) is 15.5. The molecule has 2 aromatic carbocycles. The van der Waals surface area contributed by atoms with Crippen LogP contribution in [0, 0.1) is 11.8 Å². The number of nitrogens with zero attached hydrogens (tertiary/aromatic N) is 2. The maximum absolute atomic E-state index is 13.2. The lowest BCUT2D eigenvalue weighted by molar-refractivity contribution is 0.0461.